The fourth-order valence-corrected chi connectivity index (χ4v) is 4.13. The molecule has 0 amide bonds. The van der Waals surface area contributed by atoms with Gasteiger partial charge in [-0.2, -0.15) is 0 Å². The quantitative estimate of drug-likeness (QED) is 0.662. The van der Waals surface area contributed by atoms with Gasteiger partial charge in [-0.25, -0.2) is 9.97 Å². The van der Waals surface area contributed by atoms with E-state index in [1.54, 1.807) is 39.5 Å². The number of para-hydroxylation sites is 1. The van der Waals surface area contributed by atoms with Crippen LogP contribution in [0.3, 0.4) is 0 Å². The molecule has 2 N–H and O–H groups in total. The van der Waals surface area contributed by atoms with Crippen molar-refractivity contribution in [3.63, 3.8) is 0 Å². The summed E-state index contributed by atoms with van der Waals surface area (Å²) < 4.78 is 16.5. The van der Waals surface area contributed by atoms with Gasteiger partial charge in [-0.3, -0.25) is 0 Å². The summed E-state index contributed by atoms with van der Waals surface area (Å²) in [4.78, 5) is 11.0. The molecule has 2 aromatic carbocycles. The van der Waals surface area contributed by atoms with Gasteiger partial charge in [-0.15, -0.1) is 0 Å². The molecule has 0 atom stereocenters. The van der Waals surface area contributed by atoms with Crippen molar-refractivity contribution in [2.75, 3.05) is 39.3 Å². The van der Waals surface area contributed by atoms with Crippen LogP contribution >= 0.6 is 0 Å². The maximum atomic E-state index is 11.2. The highest BCUT2D eigenvalue weighted by Crippen LogP contribution is 2.45. The molecule has 0 aliphatic carbocycles. The van der Waals surface area contributed by atoms with E-state index in [1.807, 2.05) is 12.1 Å². The molecule has 0 bridgehead atoms. The minimum absolute atomic E-state index is 0.113. The molecule has 1 aliphatic rings. The number of hydrogen-bond acceptors (Lipinski definition) is 8. The second-order valence-electron chi connectivity index (χ2n) is 7.27. The van der Waals surface area contributed by atoms with E-state index in [0.717, 1.165) is 11.2 Å². The third-order valence-corrected chi connectivity index (χ3v) is 5.71. The molecule has 2 heterocycles. The van der Waals surface area contributed by atoms with Crippen molar-refractivity contribution >= 4 is 16.7 Å². The lowest BCUT2D eigenvalue weighted by atomic mass is 9.84. The summed E-state index contributed by atoms with van der Waals surface area (Å²) in [6, 6.07) is 8.79. The Morgan fingerprint density at radius 1 is 0.967 bits per heavy atom. The molecule has 4 rings (SSSR count). The largest absolute Gasteiger partial charge is 0.508 e. The molecule has 0 spiro atoms. The van der Waals surface area contributed by atoms with Crippen LogP contribution in [-0.2, 0) is 5.60 Å². The van der Waals surface area contributed by atoms with E-state index in [9.17, 15) is 10.2 Å². The van der Waals surface area contributed by atoms with Crippen molar-refractivity contribution in [3.8, 4) is 23.0 Å². The average molecular weight is 411 g/mol. The van der Waals surface area contributed by atoms with E-state index < -0.39 is 5.60 Å². The molecule has 1 aromatic heterocycles. The smallest absolute Gasteiger partial charge is 0.205 e. The van der Waals surface area contributed by atoms with Gasteiger partial charge in [0.1, 0.15) is 23.4 Å². The lowest BCUT2D eigenvalue weighted by molar-refractivity contribution is 0.00966. The van der Waals surface area contributed by atoms with Crippen LogP contribution in [0.2, 0.25) is 0 Å². The number of piperidine rings is 1. The molecular formula is C22H25N3O5. The number of anilines is 1. The molecule has 8 nitrogen and oxygen atoms in total. The van der Waals surface area contributed by atoms with Crippen molar-refractivity contribution in [3.05, 3.63) is 42.2 Å². The van der Waals surface area contributed by atoms with Crippen LogP contribution in [0.1, 0.15) is 18.4 Å². The molecule has 158 valence electrons. The molecule has 8 heteroatoms. The van der Waals surface area contributed by atoms with E-state index in [2.05, 4.69) is 14.9 Å². The number of ether oxygens (including phenoxy) is 3. The Labute approximate surface area is 174 Å². The fourth-order valence-electron chi connectivity index (χ4n) is 4.13. The molecule has 1 saturated heterocycles. The van der Waals surface area contributed by atoms with Gasteiger partial charge in [0.25, 0.3) is 0 Å². The maximum Gasteiger partial charge on any atom is 0.205 e. The lowest BCUT2D eigenvalue weighted by Crippen LogP contribution is -2.43. The number of fused-ring (bicyclic) bond motifs is 1. The normalized spacial score (nSPS) is 15.8. The van der Waals surface area contributed by atoms with Crippen molar-refractivity contribution in [1.82, 2.24) is 9.97 Å². The predicted molar refractivity (Wildman–Crippen MR) is 113 cm³/mol. The first kappa shape index (κ1) is 20.0. The summed E-state index contributed by atoms with van der Waals surface area (Å²) in [6.45, 7) is 1.13. The number of aromatic nitrogens is 2. The number of phenols is 1. The summed E-state index contributed by atoms with van der Waals surface area (Å²) in [5.41, 5.74) is 0.107. The summed E-state index contributed by atoms with van der Waals surface area (Å²) in [5.74, 6) is 2.34. The fraction of sp³-hybridized carbons (Fsp3) is 0.364. The standard InChI is InChI=1S/C22H25N3O5/c1-28-17-12-14-18(20(30-3)19(17)29-2)23-13-24-21(14)25-10-8-22(27,9-11-25)15-6-4-5-7-16(15)26/h4-7,12-13,26-27H,8-11H2,1-3H3. The highest BCUT2D eigenvalue weighted by molar-refractivity contribution is 5.97. The van der Waals surface area contributed by atoms with Crippen LogP contribution in [-0.4, -0.2) is 54.6 Å². The number of phenolic OH excluding ortho intramolecular Hbond substituents is 1. The second-order valence-corrected chi connectivity index (χ2v) is 7.27. The second kappa shape index (κ2) is 7.87. The maximum absolute atomic E-state index is 11.2. The Hall–Kier alpha value is -3.26. The third kappa shape index (κ3) is 3.23. The minimum Gasteiger partial charge on any atom is -0.508 e. The Morgan fingerprint density at radius 2 is 1.67 bits per heavy atom. The van der Waals surface area contributed by atoms with Gasteiger partial charge in [-0.1, -0.05) is 18.2 Å². The number of hydrogen-bond donors (Lipinski definition) is 2. The van der Waals surface area contributed by atoms with Crippen molar-refractivity contribution < 1.29 is 24.4 Å². The Kier molecular flexibility index (Phi) is 5.26. The number of nitrogens with zero attached hydrogens (tertiary/aromatic N) is 3. The topological polar surface area (TPSA) is 97.2 Å². The first-order valence-corrected chi connectivity index (χ1v) is 9.72. The van der Waals surface area contributed by atoms with E-state index in [4.69, 9.17) is 14.2 Å². The molecular weight excluding hydrogens is 386 g/mol. The first-order chi connectivity index (χ1) is 14.5. The van der Waals surface area contributed by atoms with Gasteiger partial charge < -0.3 is 29.3 Å². The lowest BCUT2D eigenvalue weighted by Gasteiger charge is -2.39. The molecule has 0 radical (unpaired) electrons. The van der Waals surface area contributed by atoms with Gasteiger partial charge in [0.15, 0.2) is 11.5 Å². The monoisotopic (exact) mass is 411 g/mol. The van der Waals surface area contributed by atoms with Crippen molar-refractivity contribution in [2.24, 2.45) is 0 Å². The van der Waals surface area contributed by atoms with Crippen LogP contribution in [0.4, 0.5) is 5.82 Å². The van der Waals surface area contributed by atoms with Gasteiger partial charge >= 0.3 is 0 Å². The number of aliphatic hydroxyl groups is 1. The molecule has 1 aliphatic heterocycles. The summed E-state index contributed by atoms with van der Waals surface area (Å²) in [5, 5.41) is 22.1. The van der Waals surface area contributed by atoms with E-state index in [-0.39, 0.29) is 5.75 Å². The van der Waals surface area contributed by atoms with E-state index >= 15 is 0 Å². The molecule has 30 heavy (non-hydrogen) atoms. The summed E-state index contributed by atoms with van der Waals surface area (Å²) in [7, 11) is 4.69. The Morgan fingerprint density at radius 3 is 2.30 bits per heavy atom. The van der Waals surface area contributed by atoms with Crippen LogP contribution in [0, 0.1) is 0 Å². The number of methoxy groups -OCH3 is 3. The minimum atomic E-state index is -1.08. The van der Waals surface area contributed by atoms with Crippen molar-refractivity contribution in [1.29, 1.82) is 0 Å². The van der Waals surface area contributed by atoms with Crippen LogP contribution < -0.4 is 19.1 Å². The molecule has 0 unspecified atom stereocenters. The van der Waals surface area contributed by atoms with Gasteiger partial charge in [0.05, 0.1) is 32.3 Å². The van der Waals surface area contributed by atoms with Crippen molar-refractivity contribution in [2.45, 2.75) is 18.4 Å². The Bertz CT molecular complexity index is 1060. The van der Waals surface area contributed by atoms with Crippen LogP contribution in [0.15, 0.2) is 36.7 Å². The zero-order chi connectivity index (χ0) is 21.3. The zero-order valence-corrected chi connectivity index (χ0v) is 17.3. The van der Waals surface area contributed by atoms with Gasteiger partial charge in [-0.05, 0) is 25.0 Å². The van der Waals surface area contributed by atoms with Gasteiger partial charge in [0.2, 0.25) is 5.75 Å². The summed E-state index contributed by atoms with van der Waals surface area (Å²) in [6.07, 6.45) is 2.41. The molecule has 1 fully saturated rings. The highest BCUT2D eigenvalue weighted by Gasteiger charge is 2.36. The summed E-state index contributed by atoms with van der Waals surface area (Å²) >= 11 is 0. The number of aromatic hydroxyl groups is 1. The van der Waals surface area contributed by atoms with Gasteiger partial charge in [0, 0.05) is 18.7 Å². The first-order valence-electron chi connectivity index (χ1n) is 9.72. The number of benzene rings is 2. The SMILES string of the molecule is COc1cc2c(N3CCC(O)(c4ccccc4O)CC3)ncnc2c(OC)c1OC. The van der Waals surface area contributed by atoms with E-state index in [0.29, 0.717) is 54.3 Å². The van der Waals surface area contributed by atoms with Crippen LogP contribution in [0.25, 0.3) is 10.9 Å². The zero-order valence-electron chi connectivity index (χ0n) is 17.3. The predicted octanol–water partition coefficient (Wildman–Crippen LogP) is 2.85. The number of rotatable bonds is 5. The Balaban J connectivity index is 1.71. The van der Waals surface area contributed by atoms with Crippen LogP contribution in [0.5, 0.6) is 23.0 Å². The highest BCUT2D eigenvalue weighted by atomic mass is 16.5. The van der Waals surface area contributed by atoms with E-state index in [1.165, 1.54) is 6.33 Å². The molecule has 3 aromatic rings. The third-order valence-electron chi connectivity index (χ3n) is 5.71. The molecule has 0 saturated carbocycles. The average Bonchev–Trinajstić information content (AvgIpc) is 2.78.